The van der Waals surface area contributed by atoms with Gasteiger partial charge in [0.2, 0.25) is 0 Å². The van der Waals surface area contributed by atoms with Gasteiger partial charge < -0.3 is 14.0 Å². The molecule has 3 nitrogen and oxygen atoms in total. The van der Waals surface area contributed by atoms with Crippen LogP contribution >= 0.6 is 25.3 Å². The van der Waals surface area contributed by atoms with E-state index in [2.05, 4.69) is 39.1 Å². The largest absolute Gasteiger partial charge is 0.639 e. The fraction of sp³-hybridized carbons (Fsp3) is 1.00. The zero-order valence-electron chi connectivity index (χ0n) is 11.6. The molecule has 0 saturated heterocycles. The zero-order valence-corrected chi connectivity index (χ0v) is 13.4. The van der Waals surface area contributed by atoms with Crippen LogP contribution in [0.2, 0.25) is 0 Å². The molecule has 0 aromatic rings. The van der Waals surface area contributed by atoms with Crippen molar-refractivity contribution in [3.8, 4) is 0 Å². The van der Waals surface area contributed by atoms with Crippen molar-refractivity contribution in [1.82, 2.24) is 0 Å². The van der Waals surface area contributed by atoms with E-state index >= 15 is 0 Å². The lowest BCUT2D eigenvalue weighted by atomic mass is 10.1. The first-order valence-electron chi connectivity index (χ1n) is 6.77. The van der Waals surface area contributed by atoms with Crippen molar-refractivity contribution in [3.63, 3.8) is 0 Å². The van der Waals surface area contributed by atoms with Crippen molar-refractivity contribution in [1.29, 1.82) is 0 Å². The van der Waals surface area contributed by atoms with E-state index in [1.165, 1.54) is 19.3 Å². The molecule has 0 aliphatic heterocycles. The number of hydrogen-bond acceptors (Lipinski definition) is 5. The first-order valence-corrected chi connectivity index (χ1v) is 8.03. The van der Waals surface area contributed by atoms with Crippen molar-refractivity contribution in [2.75, 3.05) is 31.3 Å². The summed E-state index contributed by atoms with van der Waals surface area (Å²) in [6.45, 7) is 6.26. The van der Waals surface area contributed by atoms with Gasteiger partial charge in [-0.15, -0.1) is 0 Å². The van der Waals surface area contributed by atoms with Gasteiger partial charge in [-0.2, -0.15) is 25.3 Å². The maximum Gasteiger partial charge on any atom is 0.639 e. The average molecular weight is 294 g/mol. The molecule has 0 radical (unpaired) electrons. The summed E-state index contributed by atoms with van der Waals surface area (Å²) in [5.74, 6) is 2.12. The summed E-state index contributed by atoms with van der Waals surface area (Å²) >= 11 is 8.18. The topological polar surface area (TPSA) is 27.7 Å². The Balaban J connectivity index is 3.49. The Morgan fingerprint density at radius 1 is 0.833 bits per heavy atom. The van der Waals surface area contributed by atoms with Crippen molar-refractivity contribution >= 4 is 32.6 Å². The van der Waals surface area contributed by atoms with Crippen molar-refractivity contribution in [2.45, 2.75) is 39.5 Å². The minimum absolute atomic E-state index is 0.535. The van der Waals surface area contributed by atoms with Crippen LogP contribution in [0.3, 0.4) is 0 Å². The molecule has 0 atom stereocenters. The standard InChI is InChI=1S/C12H27BO3S2/c1-12(2)6-4-3-5-7-14-13(15-8-10-17)16-9-11-18/h12,17-18H,3-11H2,1-2H3. The summed E-state index contributed by atoms with van der Waals surface area (Å²) in [5, 5.41) is 0. The molecule has 0 amide bonds. The van der Waals surface area contributed by atoms with E-state index in [0.29, 0.717) is 31.3 Å². The van der Waals surface area contributed by atoms with Crippen LogP contribution < -0.4 is 0 Å². The van der Waals surface area contributed by atoms with Crippen LogP contribution in [-0.2, 0) is 14.0 Å². The highest BCUT2D eigenvalue weighted by molar-refractivity contribution is 7.80. The Hall–Kier alpha value is 0.645. The third kappa shape index (κ3) is 13.1. The van der Waals surface area contributed by atoms with Gasteiger partial charge in [-0.1, -0.05) is 33.1 Å². The highest BCUT2D eigenvalue weighted by Gasteiger charge is 2.20. The quantitative estimate of drug-likeness (QED) is 0.310. The monoisotopic (exact) mass is 294 g/mol. The lowest BCUT2D eigenvalue weighted by Gasteiger charge is -2.13. The number of rotatable bonds is 13. The van der Waals surface area contributed by atoms with E-state index in [1.54, 1.807) is 0 Å². The predicted molar refractivity (Wildman–Crippen MR) is 84.6 cm³/mol. The highest BCUT2D eigenvalue weighted by Crippen LogP contribution is 2.08. The zero-order chi connectivity index (χ0) is 13.6. The molecule has 0 spiro atoms. The van der Waals surface area contributed by atoms with E-state index in [9.17, 15) is 0 Å². The summed E-state index contributed by atoms with van der Waals surface area (Å²) < 4.78 is 16.3. The number of hydrogen-bond donors (Lipinski definition) is 2. The molecule has 0 heterocycles. The lowest BCUT2D eigenvalue weighted by Crippen LogP contribution is -2.29. The molecule has 18 heavy (non-hydrogen) atoms. The lowest BCUT2D eigenvalue weighted by molar-refractivity contribution is 0.102. The molecule has 0 aliphatic rings. The highest BCUT2D eigenvalue weighted by atomic mass is 32.1. The maximum absolute atomic E-state index is 5.54. The van der Waals surface area contributed by atoms with Crippen LogP contribution in [0.1, 0.15) is 39.5 Å². The smallest absolute Gasteiger partial charge is 0.386 e. The first-order chi connectivity index (χ1) is 8.70. The van der Waals surface area contributed by atoms with E-state index in [0.717, 1.165) is 12.3 Å². The number of unbranched alkanes of at least 4 members (excludes halogenated alkanes) is 2. The molecular weight excluding hydrogens is 267 g/mol. The van der Waals surface area contributed by atoms with Gasteiger partial charge in [0.25, 0.3) is 0 Å². The van der Waals surface area contributed by atoms with Gasteiger partial charge >= 0.3 is 7.32 Å². The second-order valence-electron chi connectivity index (χ2n) is 4.59. The molecular formula is C12H27BO3S2. The van der Waals surface area contributed by atoms with Crippen LogP contribution in [0.5, 0.6) is 0 Å². The van der Waals surface area contributed by atoms with Crippen molar-refractivity contribution in [2.24, 2.45) is 5.92 Å². The normalized spacial score (nSPS) is 11.2. The average Bonchev–Trinajstić information content (AvgIpc) is 2.35. The molecule has 0 bridgehead atoms. The SMILES string of the molecule is CC(C)CCCCCOB(OCCS)OCCS. The molecule has 108 valence electrons. The van der Waals surface area contributed by atoms with Crippen LogP contribution in [0.25, 0.3) is 0 Å². The Kier molecular flexibility index (Phi) is 14.6. The van der Waals surface area contributed by atoms with Gasteiger partial charge in [0.1, 0.15) is 0 Å². The predicted octanol–water partition coefficient (Wildman–Crippen LogP) is 3.10. The van der Waals surface area contributed by atoms with Crippen molar-refractivity contribution in [3.05, 3.63) is 0 Å². The van der Waals surface area contributed by atoms with Crippen LogP contribution in [-0.4, -0.2) is 38.6 Å². The van der Waals surface area contributed by atoms with Gasteiger partial charge in [0, 0.05) is 31.3 Å². The second-order valence-corrected chi connectivity index (χ2v) is 5.49. The van der Waals surface area contributed by atoms with Gasteiger partial charge in [-0.25, -0.2) is 0 Å². The van der Waals surface area contributed by atoms with E-state index in [1.807, 2.05) is 0 Å². The maximum atomic E-state index is 5.54. The summed E-state index contributed by atoms with van der Waals surface area (Å²) in [6.07, 6.45) is 4.80. The molecule has 6 heteroatoms. The molecule has 0 unspecified atom stereocenters. The summed E-state index contributed by atoms with van der Waals surface area (Å²) in [4.78, 5) is 0. The minimum Gasteiger partial charge on any atom is -0.386 e. The Labute approximate surface area is 123 Å². The minimum atomic E-state index is -0.561. The molecule has 0 rings (SSSR count). The molecule has 0 saturated carbocycles. The number of thiol groups is 2. The second kappa shape index (κ2) is 14.1. The molecule has 0 fully saturated rings. The fourth-order valence-electron chi connectivity index (χ4n) is 1.45. The first kappa shape index (κ1) is 18.6. The molecule has 0 N–H and O–H groups in total. The van der Waals surface area contributed by atoms with Crippen LogP contribution in [0.4, 0.5) is 0 Å². The fourth-order valence-corrected chi connectivity index (χ4v) is 1.66. The summed E-state index contributed by atoms with van der Waals surface area (Å²) in [5.41, 5.74) is 0. The Bertz CT molecular complexity index is 165. The molecule has 0 aromatic heterocycles. The van der Waals surface area contributed by atoms with Crippen LogP contribution in [0.15, 0.2) is 0 Å². The van der Waals surface area contributed by atoms with Crippen molar-refractivity contribution < 1.29 is 14.0 Å². The van der Waals surface area contributed by atoms with E-state index < -0.39 is 7.32 Å². The van der Waals surface area contributed by atoms with Crippen LogP contribution in [0, 0.1) is 5.92 Å². The Morgan fingerprint density at radius 3 is 1.89 bits per heavy atom. The third-order valence-electron chi connectivity index (χ3n) is 2.37. The molecule has 0 aromatic carbocycles. The summed E-state index contributed by atoms with van der Waals surface area (Å²) in [6, 6.07) is 0. The summed E-state index contributed by atoms with van der Waals surface area (Å²) in [7, 11) is -0.561. The van der Waals surface area contributed by atoms with Gasteiger partial charge in [0.05, 0.1) is 0 Å². The van der Waals surface area contributed by atoms with E-state index in [4.69, 9.17) is 14.0 Å². The van der Waals surface area contributed by atoms with Gasteiger partial charge in [0.15, 0.2) is 0 Å². The third-order valence-corrected chi connectivity index (χ3v) is 2.74. The molecule has 0 aliphatic carbocycles. The van der Waals surface area contributed by atoms with E-state index in [-0.39, 0.29) is 0 Å². The van der Waals surface area contributed by atoms with Gasteiger partial charge in [-0.3, -0.25) is 0 Å². The Morgan fingerprint density at radius 2 is 1.39 bits per heavy atom. The van der Waals surface area contributed by atoms with Gasteiger partial charge in [-0.05, 0) is 12.3 Å².